The Hall–Kier alpha value is -0.800. The molecule has 78 valence electrons. The summed E-state index contributed by atoms with van der Waals surface area (Å²) < 4.78 is 18.4. The zero-order chi connectivity index (χ0) is 10.7. The molecule has 0 saturated heterocycles. The standard InChI is InChI=1S/C10H12ClFO2/c1-6(5-13)7-3-4-8(14-2)9(11)10(7)12/h3-4,6,13H,5H2,1-2H3. The van der Waals surface area contributed by atoms with Gasteiger partial charge in [-0.05, 0) is 11.6 Å². The van der Waals surface area contributed by atoms with Crippen LogP contribution in [0.15, 0.2) is 12.1 Å². The molecule has 2 nitrogen and oxygen atoms in total. The first kappa shape index (κ1) is 11.3. The molecule has 0 aromatic heterocycles. The molecule has 1 unspecified atom stereocenters. The van der Waals surface area contributed by atoms with Gasteiger partial charge in [0, 0.05) is 12.5 Å². The van der Waals surface area contributed by atoms with Crippen LogP contribution in [-0.4, -0.2) is 18.8 Å². The van der Waals surface area contributed by atoms with E-state index in [1.165, 1.54) is 7.11 Å². The molecule has 0 bridgehead atoms. The van der Waals surface area contributed by atoms with Gasteiger partial charge in [0.05, 0.1) is 7.11 Å². The Bertz CT molecular complexity index is 328. The van der Waals surface area contributed by atoms with Gasteiger partial charge in [0.1, 0.15) is 16.6 Å². The Morgan fingerprint density at radius 3 is 2.71 bits per heavy atom. The molecule has 0 amide bonds. The van der Waals surface area contributed by atoms with E-state index in [0.717, 1.165) is 0 Å². The fourth-order valence-electron chi connectivity index (χ4n) is 1.18. The molecular weight excluding hydrogens is 207 g/mol. The van der Waals surface area contributed by atoms with Gasteiger partial charge in [-0.15, -0.1) is 0 Å². The number of aliphatic hydroxyl groups is 1. The number of aliphatic hydroxyl groups excluding tert-OH is 1. The molecule has 4 heteroatoms. The molecular formula is C10H12ClFO2. The predicted octanol–water partition coefficient (Wildman–Crippen LogP) is 2.58. The average Bonchev–Trinajstić information content (AvgIpc) is 2.21. The second kappa shape index (κ2) is 4.62. The molecule has 1 aromatic carbocycles. The third-order valence-electron chi connectivity index (χ3n) is 2.10. The molecule has 0 aliphatic heterocycles. The third kappa shape index (κ3) is 1.99. The van der Waals surface area contributed by atoms with Crippen molar-refractivity contribution < 1.29 is 14.2 Å². The molecule has 1 atom stereocenters. The number of ether oxygens (including phenoxy) is 1. The lowest BCUT2D eigenvalue weighted by Gasteiger charge is -2.12. The van der Waals surface area contributed by atoms with Crippen LogP contribution in [0.5, 0.6) is 5.75 Å². The summed E-state index contributed by atoms with van der Waals surface area (Å²) in [5.74, 6) is -0.482. The summed E-state index contributed by atoms with van der Waals surface area (Å²) in [6.07, 6.45) is 0. The first-order valence-corrected chi connectivity index (χ1v) is 4.62. The van der Waals surface area contributed by atoms with Gasteiger partial charge in [-0.2, -0.15) is 0 Å². The molecule has 1 aromatic rings. The van der Waals surface area contributed by atoms with Crippen molar-refractivity contribution in [2.45, 2.75) is 12.8 Å². The molecule has 0 heterocycles. The van der Waals surface area contributed by atoms with E-state index in [1.807, 2.05) is 0 Å². The maximum absolute atomic E-state index is 13.6. The summed E-state index contributed by atoms with van der Waals surface area (Å²) >= 11 is 5.72. The van der Waals surface area contributed by atoms with Gasteiger partial charge >= 0.3 is 0 Å². The summed E-state index contributed by atoms with van der Waals surface area (Å²) in [6, 6.07) is 3.16. The summed E-state index contributed by atoms with van der Waals surface area (Å²) in [7, 11) is 1.43. The number of rotatable bonds is 3. The van der Waals surface area contributed by atoms with E-state index in [9.17, 15) is 4.39 Å². The Kier molecular flexibility index (Phi) is 3.72. The Balaban J connectivity index is 3.17. The number of methoxy groups -OCH3 is 1. The van der Waals surface area contributed by atoms with Crippen LogP contribution in [0.25, 0.3) is 0 Å². The highest BCUT2D eigenvalue weighted by atomic mass is 35.5. The van der Waals surface area contributed by atoms with E-state index in [2.05, 4.69) is 0 Å². The average molecular weight is 219 g/mol. The fourth-order valence-corrected chi connectivity index (χ4v) is 1.43. The van der Waals surface area contributed by atoms with Crippen LogP contribution in [0.3, 0.4) is 0 Å². The van der Waals surface area contributed by atoms with Crippen LogP contribution < -0.4 is 4.74 Å². The van der Waals surface area contributed by atoms with Crippen molar-refractivity contribution in [3.8, 4) is 5.75 Å². The van der Waals surface area contributed by atoms with Crippen molar-refractivity contribution in [1.29, 1.82) is 0 Å². The normalized spacial score (nSPS) is 12.6. The molecule has 0 spiro atoms. The highest BCUT2D eigenvalue weighted by Crippen LogP contribution is 2.32. The maximum Gasteiger partial charge on any atom is 0.149 e. The van der Waals surface area contributed by atoms with E-state index < -0.39 is 5.82 Å². The molecule has 0 saturated carbocycles. The molecule has 0 aliphatic rings. The zero-order valence-electron chi connectivity index (χ0n) is 8.05. The second-order valence-corrected chi connectivity index (χ2v) is 3.45. The number of hydrogen-bond acceptors (Lipinski definition) is 2. The van der Waals surface area contributed by atoms with Crippen LogP contribution in [0.2, 0.25) is 5.02 Å². The Morgan fingerprint density at radius 1 is 1.57 bits per heavy atom. The van der Waals surface area contributed by atoms with Crippen molar-refractivity contribution in [3.63, 3.8) is 0 Å². The van der Waals surface area contributed by atoms with Crippen LogP contribution >= 0.6 is 11.6 Å². The molecule has 14 heavy (non-hydrogen) atoms. The summed E-state index contributed by atoms with van der Waals surface area (Å²) in [5.41, 5.74) is 0.401. The fraction of sp³-hybridized carbons (Fsp3) is 0.400. The second-order valence-electron chi connectivity index (χ2n) is 3.07. The van der Waals surface area contributed by atoms with E-state index in [-0.39, 0.29) is 17.5 Å². The van der Waals surface area contributed by atoms with E-state index in [4.69, 9.17) is 21.4 Å². The minimum Gasteiger partial charge on any atom is -0.495 e. The topological polar surface area (TPSA) is 29.5 Å². The number of benzene rings is 1. The highest BCUT2D eigenvalue weighted by molar-refractivity contribution is 6.32. The lowest BCUT2D eigenvalue weighted by Crippen LogP contribution is -2.03. The Labute approximate surface area is 87.3 Å². The van der Waals surface area contributed by atoms with Gasteiger partial charge in [-0.1, -0.05) is 24.6 Å². The van der Waals surface area contributed by atoms with E-state index in [1.54, 1.807) is 19.1 Å². The van der Waals surface area contributed by atoms with E-state index >= 15 is 0 Å². The lowest BCUT2D eigenvalue weighted by molar-refractivity contribution is 0.270. The van der Waals surface area contributed by atoms with Gasteiger partial charge in [-0.3, -0.25) is 0 Å². The molecule has 0 radical (unpaired) electrons. The zero-order valence-corrected chi connectivity index (χ0v) is 8.81. The van der Waals surface area contributed by atoms with Crippen LogP contribution in [0.1, 0.15) is 18.4 Å². The molecule has 0 fully saturated rings. The van der Waals surface area contributed by atoms with Gasteiger partial charge in [0.25, 0.3) is 0 Å². The summed E-state index contributed by atoms with van der Waals surface area (Å²) in [6.45, 7) is 1.61. The quantitative estimate of drug-likeness (QED) is 0.845. The first-order valence-electron chi connectivity index (χ1n) is 4.24. The monoisotopic (exact) mass is 218 g/mol. The van der Waals surface area contributed by atoms with Gasteiger partial charge in [-0.25, -0.2) is 4.39 Å². The maximum atomic E-state index is 13.6. The smallest absolute Gasteiger partial charge is 0.149 e. The SMILES string of the molecule is COc1ccc(C(C)CO)c(F)c1Cl. The van der Waals surface area contributed by atoms with Gasteiger partial charge in [0.2, 0.25) is 0 Å². The number of halogens is 2. The highest BCUT2D eigenvalue weighted by Gasteiger charge is 2.15. The molecule has 0 aliphatic carbocycles. The van der Waals surface area contributed by atoms with Crippen molar-refractivity contribution >= 4 is 11.6 Å². The summed E-state index contributed by atoms with van der Waals surface area (Å²) in [5, 5.41) is 8.85. The lowest BCUT2D eigenvalue weighted by atomic mass is 10.0. The van der Waals surface area contributed by atoms with E-state index in [0.29, 0.717) is 11.3 Å². The number of hydrogen-bond donors (Lipinski definition) is 1. The van der Waals surface area contributed by atoms with Gasteiger partial charge in [0.15, 0.2) is 0 Å². The van der Waals surface area contributed by atoms with Crippen molar-refractivity contribution in [2.24, 2.45) is 0 Å². The Morgan fingerprint density at radius 2 is 2.21 bits per heavy atom. The molecule has 1 rings (SSSR count). The largest absolute Gasteiger partial charge is 0.495 e. The summed E-state index contributed by atoms with van der Waals surface area (Å²) in [4.78, 5) is 0. The van der Waals surface area contributed by atoms with Crippen LogP contribution in [0, 0.1) is 5.82 Å². The predicted molar refractivity (Wildman–Crippen MR) is 53.5 cm³/mol. The minimum absolute atomic E-state index is 0.0368. The van der Waals surface area contributed by atoms with Crippen LogP contribution in [-0.2, 0) is 0 Å². The van der Waals surface area contributed by atoms with Crippen molar-refractivity contribution in [2.75, 3.05) is 13.7 Å². The van der Waals surface area contributed by atoms with Crippen molar-refractivity contribution in [1.82, 2.24) is 0 Å². The van der Waals surface area contributed by atoms with Gasteiger partial charge < -0.3 is 9.84 Å². The first-order chi connectivity index (χ1) is 6.61. The minimum atomic E-state index is -0.521. The third-order valence-corrected chi connectivity index (χ3v) is 2.45. The molecule has 1 N–H and O–H groups in total. The van der Waals surface area contributed by atoms with Crippen molar-refractivity contribution in [3.05, 3.63) is 28.5 Å². The van der Waals surface area contributed by atoms with Crippen LogP contribution in [0.4, 0.5) is 4.39 Å².